The van der Waals surface area contributed by atoms with Crippen LogP contribution < -0.4 is 5.32 Å². The predicted molar refractivity (Wildman–Crippen MR) is 127 cm³/mol. The molecule has 0 spiro atoms. The van der Waals surface area contributed by atoms with Crippen LogP contribution in [-0.4, -0.2) is 62.1 Å². The van der Waals surface area contributed by atoms with Crippen LogP contribution >= 0.6 is 0 Å². The van der Waals surface area contributed by atoms with E-state index >= 15 is 0 Å². The van der Waals surface area contributed by atoms with Gasteiger partial charge >= 0.3 is 0 Å². The molecule has 0 saturated carbocycles. The summed E-state index contributed by atoms with van der Waals surface area (Å²) in [6.07, 6.45) is 7.27. The van der Waals surface area contributed by atoms with Gasteiger partial charge in [0.25, 0.3) is 0 Å². The highest BCUT2D eigenvalue weighted by Gasteiger charge is 2.20. The molecule has 8 nitrogen and oxygen atoms in total. The highest BCUT2D eigenvalue weighted by atomic mass is 16.3. The van der Waals surface area contributed by atoms with Crippen LogP contribution in [0.1, 0.15) is 29.5 Å². The molecule has 2 aliphatic rings. The molecule has 1 saturated heterocycles. The van der Waals surface area contributed by atoms with E-state index in [1.165, 1.54) is 37.1 Å². The van der Waals surface area contributed by atoms with Crippen molar-refractivity contribution in [3.8, 4) is 11.6 Å². The molecule has 5 heterocycles. The van der Waals surface area contributed by atoms with Gasteiger partial charge in [0.05, 0.1) is 6.26 Å². The van der Waals surface area contributed by atoms with Crippen molar-refractivity contribution in [3.05, 3.63) is 65.5 Å². The quantitative estimate of drug-likeness (QED) is 0.469. The van der Waals surface area contributed by atoms with Gasteiger partial charge in [0, 0.05) is 44.5 Å². The van der Waals surface area contributed by atoms with E-state index in [1.807, 2.05) is 22.8 Å². The molecule has 1 fully saturated rings. The van der Waals surface area contributed by atoms with Gasteiger partial charge in [-0.05, 0) is 55.6 Å². The monoisotopic (exact) mass is 443 g/mol. The molecule has 1 N–H and O–H groups in total. The molecule has 2 aliphatic heterocycles. The largest absolute Gasteiger partial charge is 0.461 e. The summed E-state index contributed by atoms with van der Waals surface area (Å²) in [5.41, 5.74) is 4.77. The zero-order valence-corrected chi connectivity index (χ0v) is 18.8. The van der Waals surface area contributed by atoms with Crippen LogP contribution in [0.3, 0.4) is 0 Å². The Bertz CT molecular complexity index is 1230. The van der Waals surface area contributed by atoms with E-state index in [1.54, 1.807) is 6.26 Å². The lowest BCUT2D eigenvalue weighted by atomic mass is 10.00. The number of fused-ring (bicyclic) bond motifs is 2. The second-order valence-electron chi connectivity index (χ2n) is 8.96. The summed E-state index contributed by atoms with van der Waals surface area (Å²) in [6.45, 7) is 6.98. The fourth-order valence-electron chi connectivity index (χ4n) is 4.92. The average molecular weight is 444 g/mol. The topological polar surface area (TPSA) is 74.7 Å². The van der Waals surface area contributed by atoms with Crippen LogP contribution in [0.15, 0.2) is 53.3 Å². The third kappa shape index (κ3) is 4.24. The molecule has 3 aromatic heterocycles. The first-order valence-corrected chi connectivity index (χ1v) is 11.9. The summed E-state index contributed by atoms with van der Waals surface area (Å²) in [7, 11) is 0. The van der Waals surface area contributed by atoms with Gasteiger partial charge in [-0.1, -0.05) is 24.3 Å². The van der Waals surface area contributed by atoms with Gasteiger partial charge in [-0.15, -0.1) is 5.10 Å². The van der Waals surface area contributed by atoms with Crippen molar-refractivity contribution in [3.63, 3.8) is 0 Å². The summed E-state index contributed by atoms with van der Waals surface area (Å²) in [4.78, 5) is 14.5. The Hall–Kier alpha value is -3.23. The lowest BCUT2D eigenvalue weighted by Crippen LogP contribution is -2.30. The second kappa shape index (κ2) is 8.96. The molecule has 33 heavy (non-hydrogen) atoms. The number of hydrogen-bond donors (Lipinski definition) is 1. The Morgan fingerprint density at radius 1 is 0.970 bits per heavy atom. The number of aromatic nitrogens is 4. The molecule has 8 heteroatoms. The van der Waals surface area contributed by atoms with Crippen LogP contribution in [-0.2, 0) is 19.5 Å². The minimum Gasteiger partial charge on any atom is -0.461 e. The van der Waals surface area contributed by atoms with Crippen molar-refractivity contribution >= 4 is 11.6 Å². The van der Waals surface area contributed by atoms with Crippen molar-refractivity contribution in [2.45, 2.75) is 32.4 Å². The smallest absolute Gasteiger partial charge is 0.225 e. The lowest BCUT2D eigenvalue weighted by molar-refractivity contribution is 0.246. The first kappa shape index (κ1) is 20.4. The van der Waals surface area contributed by atoms with E-state index in [-0.39, 0.29) is 0 Å². The van der Waals surface area contributed by atoms with E-state index in [4.69, 9.17) is 19.5 Å². The average Bonchev–Trinajstić information content (AvgIpc) is 3.61. The molecule has 0 bridgehead atoms. The van der Waals surface area contributed by atoms with E-state index in [2.05, 4.69) is 39.4 Å². The molecule has 6 rings (SSSR count). The maximum atomic E-state index is 5.57. The summed E-state index contributed by atoms with van der Waals surface area (Å²) < 4.78 is 7.41. The second-order valence-corrected chi connectivity index (χ2v) is 8.96. The molecule has 4 aromatic rings. The number of benzene rings is 1. The van der Waals surface area contributed by atoms with E-state index in [0.29, 0.717) is 11.6 Å². The lowest BCUT2D eigenvalue weighted by Gasteiger charge is -2.28. The van der Waals surface area contributed by atoms with Crippen molar-refractivity contribution in [2.75, 3.05) is 38.0 Å². The summed E-state index contributed by atoms with van der Waals surface area (Å²) in [5, 5.41) is 8.23. The number of rotatable bonds is 7. The van der Waals surface area contributed by atoms with Gasteiger partial charge in [0.1, 0.15) is 0 Å². The maximum Gasteiger partial charge on any atom is 0.225 e. The Balaban J connectivity index is 1.27. The van der Waals surface area contributed by atoms with Crippen LogP contribution in [0, 0.1) is 0 Å². The summed E-state index contributed by atoms with van der Waals surface area (Å²) >= 11 is 0. The molecule has 1 aromatic carbocycles. The van der Waals surface area contributed by atoms with Crippen molar-refractivity contribution in [1.29, 1.82) is 0 Å². The fourth-order valence-corrected chi connectivity index (χ4v) is 4.92. The number of likely N-dealkylation sites (tertiary alicyclic amines) is 1. The normalized spacial score (nSPS) is 17.0. The third-order valence-electron chi connectivity index (χ3n) is 6.69. The molecule has 0 amide bonds. The molecule has 0 unspecified atom stereocenters. The highest BCUT2D eigenvalue weighted by molar-refractivity contribution is 5.58. The Morgan fingerprint density at radius 3 is 2.70 bits per heavy atom. The van der Waals surface area contributed by atoms with Gasteiger partial charge in [0.2, 0.25) is 11.8 Å². The number of nitrogens with zero attached hydrogens (tertiary/aromatic N) is 6. The molecule has 170 valence electrons. The predicted octanol–water partition coefficient (Wildman–Crippen LogP) is 3.45. The number of furan rings is 1. The van der Waals surface area contributed by atoms with Gasteiger partial charge in [-0.3, -0.25) is 4.90 Å². The SMILES string of the molecule is c1coc(-c2nc3c(CN4CCc5ccccc5C4)cnc(NCCN4CCCC4)n3n2)c1. The third-order valence-corrected chi connectivity index (χ3v) is 6.69. The molecule has 0 atom stereocenters. The van der Waals surface area contributed by atoms with Crippen molar-refractivity contribution in [1.82, 2.24) is 29.4 Å². The molecular formula is C25H29N7O. The summed E-state index contributed by atoms with van der Waals surface area (Å²) in [5.74, 6) is 1.97. The number of anilines is 1. The zero-order valence-electron chi connectivity index (χ0n) is 18.8. The van der Waals surface area contributed by atoms with Crippen LogP contribution in [0.2, 0.25) is 0 Å². The van der Waals surface area contributed by atoms with Gasteiger partial charge in [-0.2, -0.15) is 4.52 Å². The molecule has 0 radical (unpaired) electrons. The van der Waals surface area contributed by atoms with Crippen LogP contribution in [0.4, 0.5) is 5.95 Å². The number of hydrogen-bond acceptors (Lipinski definition) is 7. The number of nitrogens with one attached hydrogen (secondary N) is 1. The first-order valence-electron chi connectivity index (χ1n) is 11.9. The van der Waals surface area contributed by atoms with Crippen molar-refractivity contribution in [2.24, 2.45) is 0 Å². The van der Waals surface area contributed by atoms with E-state index in [0.717, 1.165) is 56.3 Å². The Kier molecular flexibility index (Phi) is 5.53. The fraction of sp³-hybridized carbons (Fsp3) is 0.400. The molecule has 0 aliphatic carbocycles. The van der Waals surface area contributed by atoms with Crippen LogP contribution in [0.5, 0.6) is 0 Å². The van der Waals surface area contributed by atoms with Gasteiger partial charge in [0.15, 0.2) is 11.4 Å². The highest BCUT2D eigenvalue weighted by Crippen LogP contribution is 2.24. The van der Waals surface area contributed by atoms with Crippen LogP contribution in [0.25, 0.3) is 17.2 Å². The zero-order chi connectivity index (χ0) is 22.0. The summed E-state index contributed by atoms with van der Waals surface area (Å²) in [6, 6.07) is 12.5. The van der Waals surface area contributed by atoms with Crippen molar-refractivity contribution < 1.29 is 4.42 Å². The standard InChI is InChI=1S/C25H29N7O/c1-2-7-20-17-31(13-9-19(20)6-1)18-21-16-27-25(26-10-14-30-11-3-4-12-30)32-24(21)28-23(29-32)22-8-5-15-33-22/h1-2,5-8,15-16H,3-4,9-14,17-18H2,(H,26,27). The minimum atomic E-state index is 0.584. The Morgan fingerprint density at radius 2 is 1.85 bits per heavy atom. The van der Waals surface area contributed by atoms with E-state index in [9.17, 15) is 0 Å². The van der Waals surface area contributed by atoms with E-state index < -0.39 is 0 Å². The van der Waals surface area contributed by atoms with Gasteiger partial charge < -0.3 is 14.6 Å². The minimum absolute atomic E-state index is 0.584. The molecular weight excluding hydrogens is 414 g/mol. The Labute approximate surface area is 193 Å². The first-order chi connectivity index (χ1) is 16.3. The van der Waals surface area contributed by atoms with Gasteiger partial charge in [-0.25, -0.2) is 9.97 Å². The maximum absolute atomic E-state index is 5.57.